The summed E-state index contributed by atoms with van der Waals surface area (Å²) in [6.45, 7) is 4.71. The third kappa shape index (κ3) is 2.76. The molecule has 5 nitrogen and oxygen atoms in total. The number of carbonyl (C=O) groups is 3. The summed E-state index contributed by atoms with van der Waals surface area (Å²) in [6.07, 6.45) is 1.77. The normalized spacial score (nSPS) is 28.2. The second kappa shape index (κ2) is 7.03. The number of rotatable bonds is 3. The molecule has 4 atom stereocenters. The number of amides is 2. The first-order valence-corrected chi connectivity index (χ1v) is 10.8. The highest BCUT2D eigenvalue weighted by Crippen LogP contribution is 2.48. The number of fused-ring (bicyclic) bond motifs is 3. The smallest absolute Gasteiger partial charge is 0.239 e. The Labute approximate surface area is 180 Å². The Morgan fingerprint density at radius 1 is 0.967 bits per heavy atom. The Balaban J connectivity index is 1.55. The average molecular weight is 423 g/mol. The van der Waals surface area contributed by atoms with Crippen LogP contribution in [0.4, 0.5) is 5.69 Å². The molecule has 0 aromatic heterocycles. The lowest BCUT2D eigenvalue weighted by molar-refractivity contribution is -0.123. The molecular weight excluding hydrogens is 400 g/mol. The number of nitrogens with zero attached hydrogens (tertiary/aromatic N) is 2. The molecule has 0 bridgehead atoms. The van der Waals surface area contributed by atoms with Crippen LogP contribution in [0.5, 0.6) is 0 Å². The van der Waals surface area contributed by atoms with Gasteiger partial charge in [-0.3, -0.25) is 19.3 Å². The van der Waals surface area contributed by atoms with E-state index in [9.17, 15) is 14.4 Å². The van der Waals surface area contributed by atoms with Crippen LogP contribution in [0.15, 0.2) is 42.5 Å². The first kappa shape index (κ1) is 19.5. The second-order valence-corrected chi connectivity index (χ2v) is 9.03. The molecule has 0 radical (unpaired) electrons. The number of carbonyl (C=O) groups excluding carboxylic acids is 3. The van der Waals surface area contributed by atoms with E-state index in [0.29, 0.717) is 16.3 Å². The largest absolute Gasteiger partial charge is 0.292 e. The minimum Gasteiger partial charge on any atom is -0.292 e. The molecule has 3 heterocycles. The molecule has 2 aromatic carbocycles. The fraction of sp³-hybridized carbons (Fsp3) is 0.375. The lowest BCUT2D eigenvalue weighted by Gasteiger charge is -2.27. The van der Waals surface area contributed by atoms with Gasteiger partial charge in [-0.1, -0.05) is 17.7 Å². The minimum absolute atomic E-state index is 0.0516. The van der Waals surface area contributed by atoms with Crippen LogP contribution in [0, 0.1) is 25.7 Å². The van der Waals surface area contributed by atoms with Crippen molar-refractivity contribution in [1.29, 1.82) is 0 Å². The summed E-state index contributed by atoms with van der Waals surface area (Å²) in [5.74, 6) is -1.61. The minimum atomic E-state index is -0.632. The van der Waals surface area contributed by atoms with Crippen LogP contribution in [-0.2, 0) is 9.59 Å². The maximum absolute atomic E-state index is 13.5. The fourth-order valence-electron chi connectivity index (χ4n) is 5.42. The molecule has 5 rings (SSSR count). The lowest BCUT2D eigenvalue weighted by Crippen LogP contribution is -2.46. The molecule has 3 fully saturated rings. The fourth-order valence-corrected chi connectivity index (χ4v) is 5.55. The number of hydrogen-bond acceptors (Lipinski definition) is 4. The maximum Gasteiger partial charge on any atom is 0.239 e. The Morgan fingerprint density at radius 3 is 2.37 bits per heavy atom. The molecular formula is C24H23ClN2O3. The van der Waals surface area contributed by atoms with Crippen molar-refractivity contribution in [1.82, 2.24) is 4.90 Å². The first-order valence-electron chi connectivity index (χ1n) is 10.4. The van der Waals surface area contributed by atoms with E-state index >= 15 is 0 Å². The van der Waals surface area contributed by atoms with Crippen molar-refractivity contribution in [2.24, 2.45) is 11.8 Å². The van der Waals surface area contributed by atoms with Gasteiger partial charge in [0, 0.05) is 16.6 Å². The van der Waals surface area contributed by atoms with Crippen molar-refractivity contribution in [2.45, 2.75) is 38.8 Å². The number of Topliss-reactive ketones (excluding diaryl/α,β-unsaturated/α-hetero) is 1. The summed E-state index contributed by atoms with van der Waals surface area (Å²) in [7, 11) is 0. The van der Waals surface area contributed by atoms with E-state index in [4.69, 9.17) is 11.6 Å². The third-order valence-electron chi connectivity index (χ3n) is 7.00. The Morgan fingerprint density at radius 2 is 1.67 bits per heavy atom. The van der Waals surface area contributed by atoms with Gasteiger partial charge in [-0.2, -0.15) is 0 Å². The molecule has 0 unspecified atom stereocenters. The molecule has 3 saturated heterocycles. The molecule has 30 heavy (non-hydrogen) atoms. The summed E-state index contributed by atoms with van der Waals surface area (Å²) in [5.41, 5.74) is 3.27. The SMILES string of the molecule is Cc1ccc(N2C(=O)[C@@H]3[C@@H](C2=O)[C@@H]2CCCN2[C@@H]3C(=O)c2ccc(Cl)cc2)cc1C. The van der Waals surface area contributed by atoms with Gasteiger partial charge in [0.2, 0.25) is 11.8 Å². The molecule has 6 heteroatoms. The lowest BCUT2D eigenvalue weighted by atomic mass is 9.85. The van der Waals surface area contributed by atoms with Gasteiger partial charge in [-0.15, -0.1) is 0 Å². The number of ketones is 1. The molecule has 2 aromatic rings. The van der Waals surface area contributed by atoms with Gasteiger partial charge in [0.25, 0.3) is 0 Å². The maximum atomic E-state index is 13.5. The van der Waals surface area contributed by atoms with Crippen LogP contribution in [0.1, 0.15) is 34.3 Å². The standard InChI is InChI=1S/C24H23ClN2O3/c1-13-5-10-17(12-14(13)2)27-23(29)19-18-4-3-11-26(18)21(20(19)24(27)30)22(28)15-6-8-16(25)9-7-15/h5-10,12,18-21H,3-4,11H2,1-2H3/t18-,19-,20+,21-/m0/s1. The summed E-state index contributed by atoms with van der Waals surface area (Å²) < 4.78 is 0. The van der Waals surface area contributed by atoms with Crippen molar-refractivity contribution in [2.75, 3.05) is 11.4 Å². The van der Waals surface area contributed by atoms with E-state index in [2.05, 4.69) is 4.90 Å². The Hall–Kier alpha value is -2.50. The summed E-state index contributed by atoms with van der Waals surface area (Å²) in [6, 6.07) is 11.8. The highest BCUT2D eigenvalue weighted by Gasteiger charge is 2.64. The topological polar surface area (TPSA) is 57.7 Å². The number of halogens is 1. The van der Waals surface area contributed by atoms with Crippen LogP contribution < -0.4 is 4.90 Å². The molecule has 2 amide bonds. The highest BCUT2D eigenvalue weighted by molar-refractivity contribution is 6.30. The van der Waals surface area contributed by atoms with E-state index in [1.165, 1.54) is 4.90 Å². The van der Waals surface area contributed by atoms with Crippen molar-refractivity contribution < 1.29 is 14.4 Å². The zero-order chi connectivity index (χ0) is 21.2. The summed E-state index contributed by atoms with van der Waals surface area (Å²) in [4.78, 5) is 43.9. The van der Waals surface area contributed by atoms with E-state index in [-0.39, 0.29) is 23.6 Å². The predicted molar refractivity (Wildman–Crippen MR) is 115 cm³/mol. The molecule has 0 saturated carbocycles. The number of benzene rings is 2. The molecule has 0 spiro atoms. The Bertz CT molecular complexity index is 1060. The summed E-state index contributed by atoms with van der Waals surface area (Å²) >= 11 is 5.98. The van der Waals surface area contributed by atoms with Gasteiger partial charge in [-0.05, 0) is 80.8 Å². The van der Waals surface area contributed by atoms with Crippen molar-refractivity contribution in [3.05, 3.63) is 64.2 Å². The second-order valence-electron chi connectivity index (χ2n) is 8.60. The third-order valence-corrected chi connectivity index (χ3v) is 7.25. The van der Waals surface area contributed by atoms with Gasteiger partial charge in [0.15, 0.2) is 5.78 Å². The highest BCUT2D eigenvalue weighted by atomic mass is 35.5. The zero-order valence-electron chi connectivity index (χ0n) is 17.0. The Kier molecular flexibility index (Phi) is 4.56. The van der Waals surface area contributed by atoms with Crippen LogP contribution in [0.2, 0.25) is 5.02 Å². The first-order chi connectivity index (χ1) is 14.4. The van der Waals surface area contributed by atoms with E-state index in [1.54, 1.807) is 24.3 Å². The molecule has 154 valence electrons. The number of aryl methyl sites for hydroxylation is 2. The molecule has 0 aliphatic carbocycles. The molecule has 3 aliphatic heterocycles. The van der Waals surface area contributed by atoms with Crippen molar-refractivity contribution >= 4 is 34.9 Å². The van der Waals surface area contributed by atoms with Crippen LogP contribution in [0.3, 0.4) is 0 Å². The number of hydrogen-bond donors (Lipinski definition) is 0. The zero-order valence-corrected chi connectivity index (χ0v) is 17.7. The predicted octanol–water partition coefficient (Wildman–Crippen LogP) is 3.79. The van der Waals surface area contributed by atoms with Crippen LogP contribution in [-0.4, -0.2) is 41.1 Å². The van der Waals surface area contributed by atoms with Crippen molar-refractivity contribution in [3.8, 4) is 0 Å². The van der Waals surface area contributed by atoms with Crippen molar-refractivity contribution in [3.63, 3.8) is 0 Å². The number of imide groups is 1. The van der Waals surface area contributed by atoms with E-state index < -0.39 is 17.9 Å². The van der Waals surface area contributed by atoms with Gasteiger partial charge >= 0.3 is 0 Å². The number of anilines is 1. The van der Waals surface area contributed by atoms with E-state index in [0.717, 1.165) is 30.5 Å². The summed E-state index contributed by atoms with van der Waals surface area (Å²) in [5, 5.41) is 0.558. The van der Waals surface area contributed by atoms with Crippen LogP contribution in [0.25, 0.3) is 0 Å². The molecule has 0 N–H and O–H groups in total. The van der Waals surface area contributed by atoms with Gasteiger partial charge in [0.05, 0.1) is 23.6 Å². The molecule has 3 aliphatic rings. The van der Waals surface area contributed by atoms with Gasteiger partial charge in [-0.25, -0.2) is 4.90 Å². The quantitative estimate of drug-likeness (QED) is 0.557. The van der Waals surface area contributed by atoms with Gasteiger partial charge < -0.3 is 0 Å². The van der Waals surface area contributed by atoms with Gasteiger partial charge in [0.1, 0.15) is 0 Å². The average Bonchev–Trinajstić information content (AvgIpc) is 3.36. The monoisotopic (exact) mass is 422 g/mol. The van der Waals surface area contributed by atoms with E-state index in [1.807, 2.05) is 32.0 Å². The van der Waals surface area contributed by atoms with Crippen LogP contribution >= 0.6 is 11.6 Å².